The fourth-order valence-electron chi connectivity index (χ4n) is 0.720. The Bertz CT molecular complexity index is 317. The summed E-state index contributed by atoms with van der Waals surface area (Å²) in [6, 6.07) is 0. The molecule has 0 aromatic carbocycles. The minimum atomic E-state index is -0.393. The first-order chi connectivity index (χ1) is 5.15. The van der Waals surface area contributed by atoms with Gasteiger partial charge in [0.1, 0.15) is 5.82 Å². The molecule has 1 aromatic rings. The molecule has 0 aliphatic heterocycles. The summed E-state index contributed by atoms with van der Waals surface area (Å²) in [6.07, 6.45) is 1.60. The normalized spacial score (nSPS) is 9.64. The van der Waals surface area contributed by atoms with E-state index in [-0.39, 0.29) is 5.82 Å². The number of hydrogen-bond acceptors (Lipinski definition) is 4. The number of aromatic nitrogens is 2. The van der Waals surface area contributed by atoms with E-state index in [1.807, 2.05) is 0 Å². The van der Waals surface area contributed by atoms with E-state index in [1.165, 1.54) is 4.68 Å². The molecule has 0 saturated heterocycles. The van der Waals surface area contributed by atoms with Crippen LogP contribution in [0.4, 0.5) is 5.82 Å². The molecule has 5 heteroatoms. The number of hydrogen-bond donors (Lipinski definition) is 2. The number of rotatable bonds is 1. The number of aryl methyl sites for hydroxylation is 1. The van der Waals surface area contributed by atoms with Gasteiger partial charge in [0.05, 0.1) is 0 Å². The third kappa shape index (κ3) is 1.31. The second kappa shape index (κ2) is 2.61. The second-order valence-electron chi connectivity index (χ2n) is 2.19. The highest BCUT2D eigenvalue weighted by Crippen LogP contribution is 1.99. The molecule has 0 aliphatic carbocycles. The molecule has 0 saturated carbocycles. The van der Waals surface area contributed by atoms with Crippen molar-refractivity contribution in [1.29, 1.82) is 0 Å². The largest absolute Gasteiger partial charge is 0.383 e. The van der Waals surface area contributed by atoms with E-state index in [9.17, 15) is 4.79 Å². The van der Waals surface area contributed by atoms with Crippen LogP contribution in [-0.2, 0) is 0 Å². The van der Waals surface area contributed by atoms with Gasteiger partial charge in [0.2, 0.25) is 0 Å². The van der Waals surface area contributed by atoms with Crippen molar-refractivity contribution < 1.29 is 0 Å². The zero-order valence-electron chi connectivity index (χ0n) is 6.46. The fourth-order valence-corrected chi connectivity index (χ4v) is 0.720. The molecule has 0 fully saturated rings. The molecule has 3 N–H and O–H groups in total. The number of nitrogens with zero attached hydrogens (tertiary/aromatic N) is 2. The monoisotopic (exact) mass is 154 g/mol. The molecule has 0 radical (unpaired) electrons. The maximum atomic E-state index is 10.9. The third-order valence-corrected chi connectivity index (χ3v) is 1.39. The molecule has 5 nitrogen and oxygen atoms in total. The molecule has 1 heterocycles. The van der Waals surface area contributed by atoms with Gasteiger partial charge in [0.25, 0.3) is 0 Å². The van der Waals surface area contributed by atoms with E-state index in [0.717, 1.165) is 5.56 Å². The summed E-state index contributed by atoms with van der Waals surface area (Å²) in [7, 11) is 1.64. The van der Waals surface area contributed by atoms with Crippen LogP contribution in [-0.4, -0.2) is 16.7 Å². The predicted octanol–water partition coefficient (Wildman–Crippen LogP) is -0.693. The maximum Gasteiger partial charge on any atom is 0.368 e. The Hall–Kier alpha value is -1.52. The van der Waals surface area contributed by atoms with Gasteiger partial charge in [0, 0.05) is 18.8 Å². The molecule has 1 rings (SSSR count). The number of anilines is 1. The summed E-state index contributed by atoms with van der Waals surface area (Å²) < 4.78 is 1.27. The zero-order chi connectivity index (χ0) is 8.43. The molecule has 0 amide bonds. The second-order valence-corrected chi connectivity index (χ2v) is 2.19. The minimum absolute atomic E-state index is 0.279. The van der Waals surface area contributed by atoms with Crippen LogP contribution in [0.25, 0.3) is 0 Å². The summed E-state index contributed by atoms with van der Waals surface area (Å²) in [6.45, 7) is 1.79. The summed E-state index contributed by atoms with van der Waals surface area (Å²) in [5.74, 6) is 0.279. The van der Waals surface area contributed by atoms with Gasteiger partial charge in [-0.2, -0.15) is 4.98 Å². The molecular formula is C6H10N4O. The highest BCUT2D eigenvalue weighted by molar-refractivity contribution is 5.35. The van der Waals surface area contributed by atoms with Crippen molar-refractivity contribution in [2.45, 2.75) is 6.92 Å². The summed E-state index contributed by atoms with van der Waals surface area (Å²) in [5, 5.41) is 0. The van der Waals surface area contributed by atoms with Gasteiger partial charge in [0.15, 0.2) is 0 Å². The first kappa shape index (κ1) is 7.59. The summed E-state index contributed by atoms with van der Waals surface area (Å²) in [4.78, 5) is 14.5. The predicted molar refractivity (Wildman–Crippen MR) is 42.9 cm³/mol. The Morgan fingerprint density at radius 3 is 2.91 bits per heavy atom. The van der Waals surface area contributed by atoms with Crippen molar-refractivity contribution >= 4 is 5.82 Å². The van der Waals surface area contributed by atoms with Gasteiger partial charge in [-0.3, -0.25) is 0 Å². The van der Waals surface area contributed by atoms with Gasteiger partial charge < -0.3 is 11.2 Å². The number of nitrogen functional groups attached to an aromatic ring is 1. The van der Waals surface area contributed by atoms with Crippen LogP contribution in [0, 0.1) is 6.92 Å². The SMILES string of the molecule is CNn1cc(C)c(N)nc1=O. The Kier molecular flexibility index (Phi) is 1.80. The summed E-state index contributed by atoms with van der Waals surface area (Å²) >= 11 is 0. The Labute approximate surface area is 63.8 Å². The first-order valence-corrected chi connectivity index (χ1v) is 3.18. The number of nitrogens with one attached hydrogen (secondary N) is 1. The van der Waals surface area contributed by atoms with Crippen LogP contribution in [0.2, 0.25) is 0 Å². The lowest BCUT2D eigenvalue weighted by Gasteiger charge is -2.04. The average Bonchev–Trinajstić information content (AvgIpc) is 1.97. The highest BCUT2D eigenvalue weighted by Gasteiger charge is 1.98. The Balaban J connectivity index is 3.32. The van der Waals surface area contributed by atoms with Crippen molar-refractivity contribution in [3.05, 3.63) is 22.2 Å². The van der Waals surface area contributed by atoms with Gasteiger partial charge in [-0.1, -0.05) is 0 Å². The quantitative estimate of drug-likeness (QED) is 0.561. The lowest BCUT2D eigenvalue weighted by molar-refractivity contribution is 0.818. The lowest BCUT2D eigenvalue weighted by atomic mass is 10.4. The summed E-state index contributed by atoms with van der Waals surface area (Å²) in [5.41, 5.74) is 8.43. The lowest BCUT2D eigenvalue weighted by Crippen LogP contribution is -2.29. The Morgan fingerprint density at radius 2 is 2.36 bits per heavy atom. The molecule has 0 atom stereocenters. The molecule has 0 spiro atoms. The van der Waals surface area contributed by atoms with Crippen LogP contribution < -0.4 is 16.8 Å². The minimum Gasteiger partial charge on any atom is -0.383 e. The van der Waals surface area contributed by atoms with Crippen LogP contribution >= 0.6 is 0 Å². The van der Waals surface area contributed by atoms with E-state index in [2.05, 4.69) is 10.4 Å². The van der Waals surface area contributed by atoms with Crippen molar-refractivity contribution in [1.82, 2.24) is 9.66 Å². The molecular weight excluding hydrogens is 144 g/mol. The van der Waals surface area contributed by atoms with Crippen molar-refractivity contribution in [2.24, 2.45) is 0 Å². The first-order valence-electron chi connectivity index (χ1n) is 3.18. The van der Waals surface area contributed by atoms with Crippen LogP contribution in [0.1, 0.15) is 5.56 Å². The van der Waals surface area contributed by atoms with Crippen molar-refractivity contribution in [3.63, 3.8) is 0 Å². The van der Waals surface area contributed by atoms with E-state index in [0.29, 0.717) is 0 Å². The van der Waals surface area contributed by atoms with E-state index in [1.54, 1.807) is 20.2 Å². The van der Waals surface area contributed by atoms with Crippen LogP contribution in [0.3, 0.4) is 0 Å². The maximum absolute atomic E-state index is 10.9. The topological polar surface area (TPSA) is 72.9 Å². The molecule has 0 aliphatic rings. The molecule has 60 valence electrons. The smallest absolute Gasteiger partial charge is 0.368 e. The van der Waals surface area contributed by atoms with Crippen molar-refractivity contribution in [2.75, 3.05) is 18.2 Å². The van der Waals surface area contributed by atoms with Gasteiger partial charge in [-0.25, -0.2) is 9.47 Å². The van der Waals surface area contributed by atoms with Crippen LogP contribution in [0.15, 0.2) is 11.0 Å². The van der Waals surface area contributed by atoms with Crippen LogP contribution in [0.5, 0.6) is 0 Å². The Morgan fingerprint density at radius 1 is 1.73 bits per heavy atom. The van der Waals surface area contributed by atoms with Gasteiger partial charge >= 0.3 is 5.69 Å². The van der Waals surface area contributed by atoms with E-state index in [4.69, 9.17) is 5.73 Å². The number of nitrogens with two attached hydrogens (primary N) is 1. The molecule has 11 heavy (non-hydrogen) atoms. The highest BCUT2D eigenvalue weighted by atomic mass is 16.1. The van der Waals surface area contributed by atoms with Gasteiger partial charge in [-0.15, -0.1) is 0 Å². The fraction of sp³-hybridized carbons (Fsp3) is 0.333. The molecule has 0 unspecified atom stereocenters. The third-order valence-electron chi connectivity index (χ3n) is 1.39. The molecule has 1 aromatic heterocycles. The van der Waals surface area contributed by atoms with E-state index < -0.39 is 5.69 Å². The average molecular weight is 154 g/mol. The molecule has 0 bridgehead atoms. The van der Waals surface area contributed by atoms with E-state index >= 15 is 0 Å². The standard InChI is InChI=1S/C6H10N4O/c1-4-3-10(8-2)6(11)9-5(4)7/h3,8H,1-2H3,(H2,7,9,11). The van der Waals surface area contributed by atoms with Gasteiger partial charge in [-0.05, 0) is 6.92 Å². The van der Waals surface area contributed by atoms with Crippen molar-refractivity contribution in [3.8, 4) is 0 Å². The zero-order valence-corrected chi connectivity index (χ0v) is 6.46.